The third-order valence-electron chi connectivity index (χ3n) is 8.70. The molecule has 4 heteroatoms. The Labute approximate surface area is 255 Å². The summed E-state index contributed by atoms with van der Waals surface area (Å²) in [5, 5.41) is 6.05. The number of hydrogen-bond acceptors (Lipinski definition) is 4. The van der Waals surface area contributed by atoms with Gasteiger partial charge < -0.3 is 8.83 Å². The van der Waals surface area contributed by atoms with Gasteiger partial charge in [0, 0.05) is 10.8 Å². The summed E-state index contributed by atoms with van der Waals surface area (Å²) in [4.78, 5) is 26.2. The zero-order chi connectivity index (χ0) is 31.0. The topological polar surface area (TPSA) is 60.4 Å². The van der Waals surface area contributed by atoms with Crippen LogP contribution in [0.1, 0.15) is 52.7 Å². The van der Waals surface area contributed by atoms with Crippen molar-refractivity contribution >= 4 is 43.5 Å². The fraction of sp³-hybridized carbons (Fsp3) is 0.200. The maximum Gasteiger partial charge on any atom is 0.344 e. The second-order valence-electron chi connectivity index (χ2n) is 13.8. The molecule has 4 nitrogen and oxygen atoms in total. The quantitative estimate of drug-likeness (QED) is 0.151. The van der Waals surface area contributed by atoms with Gasteiger partial charge in [0.25, 0.3) is 0 Å². The summed E-state index contributed by atoms with van der Waals surface area (Å²) in [6.07, 6.45) is 0. The Kier molecular flexibility index (Phi) is 6.19. The number of fused-ring (bicyclic) bond motifs is 6. The van der Waals surface area contributed by atoms with Crippen molar-refractivity contribution in [3.63, 3.8) is 0 Å². The number of hydrogen-bond donors (Lipinski definition) is 0. The first kappa shape index (κ1) is 27.8. The van der Waals surface area contributed by atoms with Gasteiger partial charge in [-0.05, 0) is 78.9 Å². The van der Waals surface area contributed by atoms with Crippen LogP contribution in [0.2, 0.25) is 0 Å². The fourth-order valence-electron chi connectivity index (χ4n) is 6.02. The van der Waals surface area contributed by atoms with Gasteiger partial charge in [0.15, 0.2) is 0 Å². The van der Waals surface area contributed by atoms with Gasteiger partial charge in [0.2, 0.25) is 0 Å². The standard InChI is InChI=1S/C40H34O4/c1-39(2,3)27-13-15-29-25(19-27)11-17-35-33(29)21-31(37(41)43-35)23-7-9-24(10-8-23)32-22-34-30-16-14-28(40(4,5)6)20-26(30)12-18-36(34)44-38(32)42/h7-22H,1-6H3. The van der Waals surface area contributed by atoms with Gasteiger partial charge in [-0.25, -0.2) is 9.59 Å². The van der Waals surface area contributed by atoms with Crippen LogP contribution in [0.5, 0.6) is 0 Å². The molecule has 0 aliphatic carbocycles. The molecule has 0 bridgehead atoms. The molecule has 0 saturated heterocycles. The molecule has 0 radical (unpaired) electrons. The Balaban J connectivity index is 1.31. The predicted octanol–water partition coefficient (Wildman–Crippen LogP) is 10.1. The minimum atomic E-state index is -0.401. The molecule has 0 amide bonds. The summed E-state index contributed by atoms with van der Waals surface area (Å²) in [7, 11) is 0. The molecule has 0 unspecified atom stereocenters. The smallest absolute Gasteiger partial charge is 0.344 e. The first-order chi connectivity index (χ1) is 20.9. The van der Waals surface area contributed by atoms with E-state index in [-0.39, 0.29) is 10.8 Å². The number of benzene rings is 5. The Bertz CT molecular complexity index is 2200. The van der Waals surface area contributed by atoms with E-state index in [2.05, 4.69) is 77.9 Å². The average molecular weight is 579 g/mol. The Morgan fingerprint density at radius 2 is 0.818 bits per heavy atom. The van der Waals surface area contributed by atoms with E-state index >= 15 is 0 Å². The van der Waals surface area contributed by atoms with Gasteiger partial charge in [0.05, 0.1) is 11.1 Å². The molecule has 0 atom stereocenters. The van der Waals surface area contributed by atoms with Gasteiger partial charge in [-0.2, -0.15) is 0 Å². The van der Waals surface area contributed by atoms with Crippen LogP contribution < -0.4 is 11.3 Å². The van der Waals surface area contributed by atoms with Crippen molar-refractivity contribution in [3.8, 4) is 22.3 Å². The third-order valence-corrected chi connectivity index (χ3v) is 8.70. The lowest BCUT2D eigenvalue weighted by molar-refractivity contribution is 0.563. The maximum absolute atomic E-state index is 13.1. The minimum Gasteiger partial charge on any atom is -0.422 e. The molecule has 218 valence electrons. The highest BCUT2D eigenvalue weighted by Gasteiger charge is 2.18. The van der Waals surface area contributed by atoms with Crippen molar-refractivity contribution < 1.29 is 8.83 Å². The van der Waals surface area contributed by atoms with E-state index in [1.54, 1.807) is 0 Å². The molecule has 2 heterocycles. The van der Waals surface area contributed by atoms with Gasteiger partial charge >= 0.3 is 11.3 Å². The molecule has 44 heavy (non-hydrogen) atoms. The highest BCUT2D eigenvalue weighted by atomic mass is 16.4. The van der Waals surface area contributed by atoms with Gasteiger partial charge in [-0.15, -0.1) is 0 Å². The van der Waals surface area contributed by atoms with Gasteiger partial charge in [0.1, 0.15) is 11.2 Å². The van der Waals surface area contributed by atoms with Crippen LogP contribution in [-0.4, -0.2) is 0 Å². The highest BCUT2D eigenvalue weighted by molar-refractivity contribution is 6.08. The van der Waals surface area contributed by atoms with Crippen LogP contribution in [-0.2, 0) is 10.8 Å². The molecule has 0 N–H and O–H groups in total. The van der Waals surface area contributed by atoms with E-state index in [0.29, 0.717) is 22.3 Å². The fourth-order valence-corrected chi connectivity index (χ4v) is 6.02. The Morgan fingerprint density at radius 1 is 0.432 bits per heavy atom. The molecule has 7 rings (SSSR count). The van der Waals surface area contributed by atoms with Crippen molar-refractivity contribution in [2.75, 3.05) is 0 Å². The SMILES string of the molecule is CC(C)(C)c1ccc2c(ccc3oc(=O)c(-c4ccc(-c5cc6c(ccc7cc(C(C)(C)C)ccc76)oc5=O)cc4)cc32)c1. The molecular formula is C40H34O4. The molecule has 0 aliphatic rings. The normalized spacial score (nSPS) is 12.5. The van der Waals surface area contributed by atoms with Crippen molar-refractivity contribution in [1.82, 2.24) is 0 Å². The molecule has 5 aromatic carbocycles. The van der Waals surface area contributed by atoms with E-state index in [9.17, 15) is 9.59 Å². The lowest BCUT2D eigenvalue weighted by atomic mass is 9.85. The molecule has 7 aromatic rings. The molecule has 2 aromatic heterocycles. The monoisotopic (exact) mass is 578 g/mol. The van der Waals surface area contributed by atoms with Crippen LogP contribution in [0.15, 0.2) is 115 Å². The van der Waals surface area contributed by atoms with E-state index in [0.717, 1.165) is 43.4 Å². The summed E-state index contributed by atoms with van der Waals surface area (Å²) in [6.45, 7) is 13.2. The van der Waals surface area contributed by atoms with E-state index in [4.69, 9.17) is 8.83 Å². The van der Waals surface area contributed by atoms with E-state index in [1.165, 1.54) is 11.1 Å². The van der Waals surface area contributed by atoms with Crippen LogP contribution in [0.25, 0.3) is 65.7 Å². The van der Waals surface area contributed by atoms with Gasteiger partial charge in [-0.3, -0.25) is 0 Å². The summed E-state index contributed by atoms with van der Waals surface area (Å²) in [5.74, 6) is 0. The van der Waals surface area contributed by atoms with Crippen LogP contribution in [0.4, 0.5) is 0 Å². The zero-order valence-electron chi connectivity index (χ0n) is 25.9. The molecule has 0 spiro atoms. The maximum atomic E-state index is 13.1. The largest absolute Gasteiger partial charge is 0.422 e. The lowest BCUT2D eigenvalue weighted by Crippen LogP contribution is -2.10. The highest BCUT2D eigenvalue weighted by Crippen LogP contribution is 2.34. The molecule has 0 fully saturated rings. The Hall–Kier alpha value is -4.96. The summed E-state index contributed by atoms with van der Waals surface area (Å²) < 4.78 is 11.6. The van der Waals surface area contributed by atoms with Crippen molar-refractivity contribution in [3.05, 3.63) is 129 Å². The van der Waals surface area contributed by atoms with Crippen molar-refractivity contribution in [2.45, 2.75) is 52.4 Å². The molecule has 0 aliphatic heterocycles. The lowest BCUT2D eigenvalue weighted by Gasteiger charge is -2.19. The van der Waals surface area contributed by atoms with Crippen LogP contribution in [0, 0.1) is 0 Å². The van der Waals surface area contributed by atoms with Gasteiger partial charge in [-0.1, -0.05) is 114 Å². The van der Waals surface area contributed by atoms with Crippen molar-refractivity contribution in [1.29, 1.82) is 0 Å². The van der Waals surface area contributed by atoms with Crippen LogP contribution in [0.3, 0.4) is 0 Å². The molecular weight excluding hydrogens is 544 g/mol. The van der Waals surface area contributed by atoms with E-state index < -0.39 is 11.3 Å². The predicted molar refractivity (Wildman–Crippen MR) is 182 cm³/mol. The third kappa shape index (κ3) is 4.71. The van der Waals surface area contributed by atoms with Crippen molar-refractivity contribution in [2.24, 2.45) is 0 Å². The first-order valence-corrected chi connectivity index (χ1v) is 15.0. The minimum absolute atomic E-state index is 0.0322. The first-order valence-electron chi connectivity index (χ1n) is 15.0. The second-order valence-corrected chi connectivity index (χ2v) is 13.8. The summed E-state index contributed by atoms with van der Waals surface area (Å²) in [5.41, 5.74) is 5.26. The summed E-state index contributed by atoms with van der Waals surface area (Å²) >= 11 is 0. The van der Waals surface area contributed by atoms with E-state index in [1.807, 2.05) is 60.7 Å². The average Bonchev–Trinajstić information content (AvgIpc) is 2.99. The second kappa shape index (κ2) is 9.78. The zero-order valence-corrected chi connectivity index (χ0v) is 25.9. The van der Waals surface area contributed by atoms with Crippen LogP contribution >= 0.6 is 0 Å². The summed E-state index contributed by atoms with van der Waals surface area (Å²) in [6, 6.07) is 31.9. The Morgan fingerprint density at radius 3 is 1.18 bits per heavy atom. The number of rotatable bonds is 2. The molecule has 0 saturated carbocycles.